The summed E-state index contributed by atoms with van der Waals surface area (Å²) in [4.78, 5) is 2.41. The molecule has 3 rings (SSSR count). The van der Waals surface area contributed by atoms with Crippen LogP contribution in [0.4, 0.5) is 0 Å². The molecule has 0 bridgehead atoms. The summed E-state index contributed by atoms with van der Waals surface area (Å²) in [5, 5.41) is 3.41. The summed E-state index contributed by atoms with van der Waals surface area (Å²) < 4.78 is 6.09. The molecule has 18 heavy (non-hydrogen) atoms. The molecular weight excluding hydrogens is 224 g/mol. The normalized spacial score (nSPS) is 23.9. The number of likely N-dealkylation sites (N-methyl/N-ethyl adjacent to an activating group) is 1. The average Bonchev–Trinajstić information content (AvgIpc) is 2.82. The largest absolute Gasteiger partial charge is 0.492 e. The Kier molecular flexibility index (Phi) is 3.52. The summed E-state index contributed by atoms with van der Waals surface area (Å²) in [6, 6.07) is 7.04. The quantitative estimate of drug-likeness (QED) is 0.880. The number of nitrogens with zero attached hydrogens (tertiary/aromatic N) is 1. The number of benzene rings is 1. The minimum absolute atomic E-state index is 0.600. The van der Waals surface area contributed by atoms with E-state index in [2.05, 4.69) is 35.5 Å². The summed E-state index contributed by atoms with van der Waals surface area (Å²) in [6.07, 6.45) is 3.67. The highest BCUT2D eigenvalue weighted by molar-refractivity contribution is 5.41. The SMILES string of the molecule is CN1CCCC1COc1cccc2c1CCNC2. The van der Waals surface area contributed by atoms with Gasteiger partial charge in [-0.1, -0.05) is 12.1 Å². The minimum Gasteiger partial charge on any atom is -0.492 e. The van der Waals surface area contributed by atoms with Gasteiger partial charge in [-0.25, -0.2) is 0 Å². The zero-order valence-corrected chi connectivity index (χ0v) is 11.1. The van der Waals surface area contributed by atoms with Crippen molar-refractivity contribution in [2.45, 2.75) is 31.8 Å². The summed E-state index contributed by atoms with van der Waals surface area (Å²) in [6.45, 7) is 4.10. The van der Waals surface area contributed by atoms with Gasteiger partial charge in [0.2, 0.25) is 0 Å². The van der Waals surface area contributed by atoms with Crippen LogP contribution in [0.1, 0.15) is 24.0 Å². The molecule has 98 valence electrons. The van der Waals surface area contributed by atoms with Crippen molar-refractivity contribution in [3.05, 3.63) is 29.3 Å². The van der Waals surface area contributed by atoms with Crippen molar-refractivity contribution in [2.24, 2.45) is 0 Å². The zero-order chi connectivity index (χ0) is 12.4. The van der Waals surface area contributed by atoms with E-state index in [1.807, 2.05) is 0 Å². The van der Waals surface area contributed by atoms with Gasteiger partial charge in [-0.3, -0.25) is 0 Å². The molecule has 1 aromatic carbocycles. The molecule has 3 heteroatoms. The molecule has 0 aliphatic carbocycles. The lowest BCUT2D eigenvalue weighted by atomic mass is 10.0. The molecule has 0 radical (unpaired) electrons. The third-order valence-electron chi connectivity index (χ3n) is 4.20. The number of fused-ring (bicyclic) bond motifs is 1. The Labute approximate surface area is 109 Å². The molecule has 3 nitrogen and oxygen atoms in total. The highest BCUT2D eigenvalue weighted by Crippen LogP contribution is 2.26. The predicted octanol–water partition coefficient (Wildman–Crippen LogP) is 1.81. The molecule has 1 fully saturated rings. The van der Waals surface area contributed by atoms with Crippen LogP contribution in [0.5, 0.6) is 5.75 Å². The van der Waals surface area contributed by atoms with Crippen LogP contribution in [0, 0.1) is 0 Å². The Bertz CT molecular complexity index is 419. The second-order valence-electron chi connectivity index (χ2n) is 5.41. The number of hydrogen-bond acceptors (Lipinski definition) is 3. The smallest absolute Gasteiger partial charge is 0.122 e. The van der Waals surface area contributed by atoms with Gasteiger partial charge in [0, 0.05) is 12.6 Å². The van der Waals surface area contributed by atoms with Gasteiger partial charge in [-0.05, 0) is 56.6 Å². The van der Waals surface area contributed by atoms with Crippen LogP contribution in [0.15, 0.2) is 18.2 Å². The molecule has 0 amide bonds. The van der Waals surface area contributed by atoms with E-state index in [1.54, 1.807) is 0 Å². The second-order valence-corrected chi connectivity index (χ2v) is 5.41. The molecule has 2 heterocycles. The fourth-order valence-corrected chi connectivity index (χ4v) is 3.01. The van der Waals surface area contributed by atoms with Crippen molar-refractivity contribution >= 4 is 0 Å². The number of nitrogens with one attached hydrogen (secondary N) is 1. The molecule has 0 spiro atoms. The van der Waals surface area contributed by atoms with E-state index >= 15 is 0 Å². The van der Waals surface area contributed by atoms with Gasteiger partial charge < -0.3 is 15.0 Å². The molecular formula is C15H22N2O. The van der Waals surface area contributed by atoms with Gasteiger partial charge in [0.05, 0.1) is 0 Å². The maximum absolute atomic E-state index is 6.09. The Morgan fingerprint density at radius 3 is 3.22 bits per heavy atom. The fraction of sp³-hybridized carbons (Fsp3) is 0.600. The number of hydrogen-bond donors (Lipinski definition) is 1. The van der Waals surface area contributed by atoms with Crippen molar-refractivity contribution < 1.29 is 4.74 Å². The lowest BCUT2D eigenvalue weighted by Crippen LogP contribution is -2.31. The number of ether oxygens (including phenoxy) is 1. The summed E-state index contributed by atoms with van der Waals surface area (Å²) >= 11 is 0. The average molecular weight is 246 g/mol. The van der Waals surface area contributed by atoms with E-state index < -0.39 is 0 Å². The third-order valence-corrected chi connectivity index (χ3v) is 4.20. The molecule has 0 aromatic heterocycles. The topological polar surface area (TPSA) is 24.5 Å². The summed E-state index contributed by atoms with van der Waals surface area (Å²) in [5.74, 6) is 1.11. The highest BCUT2D eigenvalue weighted by Gasteiger charge is 2.22. The first-order valence-electron chi connectivity index (χ1n) is 6.99. The van der Waals surface area contributed by atoms with Crippen molar-refractivity contribution in [3.63, 3.8) is 0 Å². The van der Waals surface area contributed by atoms with Gasteiger partial charge in [0.15, 0.2) is 0 Å². The Morgan fingerprint density at radius 2 is 2.39 bits per heavy atom. The highest BCUT2D eigenvalue weighted by atomic mass is 16.5. The predicted molar refractivity (Wildman–Crippen MR) is 73.0 cm³/mol. The lowest BCUT2D eigenvalue weighted by molar-refractivity contribution is 0.196. The van der Waals surface area contributed by atoms with Crippen LogP contribution in [0.3, 0.4) is 0 Å². The monoisotopic (exact) mass is 246 g/mol. The molecule has 1 N–H and O–H groups in total. The van der Waals surface area contributed by atoms with Crippen molar-refractivity contribution in [2.75, 3.05) is 26.7 Å². The molecule has 0 saturated carbocycles. The van der Waals surface area contributed by atoms with E-state index in [9.17, 15) is 0 Å². The summed E-state index contributed by atoms with van der Waals surface area (Å²) in [7, 11) is 2.20. The van der Waals surface area contributed by atoms with Gasteiger partial charge >= 0.3 is 0 Å². The number of likely N-dealkylation sites (tertiary alicyclic amines) is 1. The lowest BCUT2D eigenvalue weighted by Gasteiger charge is -2.23. The Morgan fingerprint density at radius 1 is 1.44 bits per heavy atom. The van der Waals surface area contributed by atoms with Crippen LogP contribution < -0.4 is 10.1 Å². The first-order valence-corrected chi connectivity index (χ1v) is 6.99. The van der Waals surface area contributed by atoms with E-state index in [0.717, 1.165) is 31.9 Å². The summed E-state index contributed by atoms with van der Waals surface area (Å²) in [5.41, 5.74) is 2.82. The van der Waals surface area contributed by atoms with Gasteiger partial charge in [0.25, 0.3) is 0 Å². The third kappa shape index (κ3) is 2.38. The second kappa shape index (κ2) is 5.29. The fourth-order valence-electron chi connectivity index (χ4n) is 3.01. The molecule has 2 aliphatic heterocycles. The zero-order valence-electron chi connectivity index (χ0n) is 11.1. The van der Waals surface area contributed by atoms with E-state index in [0.29, 0.717) is 6.04 Å². The van der Waals surface area contributed by atoms with Crippen molar-refractivity contribution in [3.8, 4) is 5.75 Å². The minimum atomic E-state index is 0.600. The molecule has 1 unspecified atom stereocenters. The molecule has 1 aromatic rings. The van der Waals surface area contributed by atoms with E-state index in [-0.39, 0.29) is 0 Å². The van der Waals surface area contributed by atoms with Crippen LogP contribution in [-0.2, 0) is 13.0 Å². The van der Waals surface area contributed by atoms with Crippen LogP contribution in [0.25, 0.3) is 0 Å². The molecule has 1 atom stereocenters. The first-order chi connectivity index (χ1) is 8.84. The van der Waals surface area contributed by atoms with Crippen LogP contribution >= 0.6 is 0 Å². The van der Waals surface area contributed by atoms with Crippen LogP contribution in [-0.4, -0.2) is 37.7 Å². The maximum Gasteiger partial charge on any atom is 0.122 e. The standard InChI is InChI=1S/C15H22N2O/c1-17-9-3-5-13(17)11-18-15-6-2-4-12-10-16-8-7-14(12)15/h2,4,6,13,16H,3,5,7-11H2,1H3. The Hall–Kier alpha value is -1.06. The molecule has 1 saturated heterocycles. The number of rotatable bonds is 3. The van der Waals surface area contributed by atoms with Crippen molar-refractivity contribution in [1.29, 1.82) is 0 Å². The van der Waals surface area contributed by atoms with Crippen LogP contribution in [0.2, 0.25) is 0 Å². The van der Waals surface area contributed by atoms with Gasteiger partial charge in [-0.2, -0.15) is 0 Å². The van der Waals surface area contributed by atoms with E-state index in [1.165, 1.54) is 30.5 Å². The van der Waals surface area contributed by atoms with Crippen molar-refractivity contribution in [1.82, 2.24) is 10.2 Å². The van der Waals surface area contributed by atoms with Gasteiger partial charge in [-0.15, -0.1) is 0 Å². The first kappa shape index (κ1) is 12.0. The molecule has 2 aliphatic rings. The van der Waals surface area contributed by atoms with Gasteiger partial charge in [0.1, 0.15) is 12.4 Å². The maximum atomic E-state index is 6.09. The Balaban J connectivity index is 1.69. The van der Waals surface area contributed by atoms with E-state index in [4.69, 9.17) is 4.74 Å².